The van der Waals surface area contributed by atoms with Gasteiger partial charge in [-0.25, -0.2) is 0 Å². The van der Waals surface area contributed by atoms with Gasteiger partial charge in [0.1, 0.15) is 0 Å². The number of para-hydroxylation sites is 1. The normalized spacial score (nSPS) is 11.3. The van der Waals surface area contributed by atoms with E-state index < -0.39 is 5.97 Å². The highest BCUT2D eigenvalue weighted by Gasteiger charge is 2.24. The molecule has 0 fully saturated rings. The van der Waals surface area contributed by atoms with Crippen molar-refractivity contribution >= 4 is 17.8 Å². The van der Waals surface area contributed by atoms with Gasteiger partial charge in [0, 0.05) is 24.2 Å². The standard InChI is InChI=1S/C35H36N2O6/c1-24(25-12-5-4-6-13-25)36-34(40)29-17-9-7-15-27(29)28-16-8-10-18-30(28)35(41)37(23-21-32(38)39)22-20-26-14-11-19-31(42-2)33(26)43-3/h4-19,24H,20-23H2,1-3H3,(H,36,40)(H,38,39). The van der Waals surface area contributed by atoms with Crippen molar-refractivity contribution in [1.82, 2.24) is 10.2 Å². The van der Waals surface area contributed by atoms with Gasteiger partial charge in [-0.1, -0.05) is 78.9 Å². The van der Waals surface area contributed by atoms with Crippen molar-refractivity contribution in [2.75, 3.05) is 27.3 Å². The second-order valence-corrected chi connectivity index (χ2v) is 10.0. The molecule has 0 radical (unpaired) electrons. The summed E-state index contributed by atoms with van der Waals surface area (Å²) in [4.78, 5) is 40.6. The molecule has 4 aromatic rings. The summed E-state index contributed by atoms with van der Waals surface area (Å²) in [5.74, 6) is -0.445. The first-order chi connectivity index (χ1) is 20.8. The summed E-state index contributed by atoms with van der Waals surface area (Å²) in [6, 6.07) is 29.2. The van der Waals surface area contributed by atoms with Gasteiger partial charge in [0.05, 0.1) is 26.7 Å². The van der Waals surface area contributed by atoms with Crippen molar-refractivity contribution in [3.05, 3.63) is 119 Å². The van der Waals surface area contributed by atoms with E-state index in [1.165, 1.54) is 4.90 Å². The number of nitrogens with one attached hydrogen (secondary N) is 1. The van der Waals surface area contributed by atoms with E-state index in [1.54, 1.807) is 50.6 Å². The van der Waals surface area contributed by atoms with Gasteiger partial charge in [-0.3, -0.25) is 14.4 Å². The lowest BCUT2D eigenvalue weighted by Crippen LogP contribution is -2.35. The molecule has 0 saturated heterocycles. The number of benzene rings is 4. The Morgan fingerprint density at radius 3 is 2.05 bits per heavy atom. The van der Waals surface area contributed by atoms with Crippen LogP contribution in [-0.4, -0.2) is 55.1 Å². The maximum Gasteiger partial charge on any atom is 0.305 e. The van der Waals surface area contributed by atoms with Crippen LogP contribution in [0.25, 0.3) is 11.1 Å². The smallest absolute Gasteiger partial charge is 0.305 e. The van der Waals surface area contributed by atoms with Crippen LogP contribution in [0.2, 0.25) is 0 Å². The number of rotatable bonds is 13. The molecule has 4 rings (SSSR count). The largest absolute Gasteiger partial charge is 0.493 e. The predicted octanol–water partition coefficient (Wildman–Crippen LogP) is 6.02. The fourth-order valence-corrected chi connectivity index (χ4v) is 5.04. The molecule has 8 heteroatoms. The zero-order valence-electron chi connectivity index (χ0n) is 24.6. The minimum absolute atomic E-state index is 0.0194. The number of methoxy groups -OCH3 is 2. The molecular formula is C35H36N2O6. The molecule has 0 heterocycles. The van der Waals surface area contributed by atoms with Gasteiger partial charge in [0.15, 0.2) is 11.5 Å². The summed E-state index contributed by atoms with van der Waals surface area (Å²) < 4.78 is 11.0. The quantitative estimate of drug-likeness (QED) is 0.200. The maximum atomic E-state index is 14.1. The minimum atomic E-state index is -1.00. The van der Waals surface area contributed by atoms with E-state index in [-0.39, 0.29) is 37.4 Å². The van der Waals surface area contributed by atoms with Crippen molar-refractivity contribution < 1.29 is 29.0 Å². The first-order valence-electron chi connectivity index (χ1n) is 14.1. The molecule has 4 aromatic carbocycles. The Morgan fingerprint density at radius 2 is 1.40 bits per heavy atom. The number of carbonyl (C=O) groups is 3. The van der Waals surface area contributed by atoms with Crippen LogP contribution in [0.4, 0.5) is 0 Å². The van der Waals surface area contributed by atoms with E-state index in [0.29, 0.717) is 40.2 Å². The van der Waals surface area contributed by atoms with E-state index in [1.807, 2.05) is 67.6 Å². The Bertz CT molecular complexity index is 1570. The third-order valence-electron chi connectivity index (χ3n) is 7.28. The summed E-state index contributed by atoms with van der Waals surface area (Å²) in [5.41, 5.74) is 3.82. The highest BCUT2D eigenvalue weighted by Crippen LogP contribution is 2.32. The fraction of sp³-hybridized carbons (Fsp3) is 0.229. The van der Waals surface area contributed by atoms with E-state index in [2.05, 4.69) is 5.32 Å². The van der Waals surface area contributed by atoms with Gasteiger partial charge in [-0.2, -0.15) is 0 Å². The van der Waals surface area contributed by atoms with Crippen LogP contribution in [0.15, 0.2) is 97.1 Å². The van der Waals surface area contributed by atoms with Gasteiger partial charge >= 0.3 is 5.97 Å². The molecule has 0 spiro atoms. The van der Waals surface area contributed by atoms with Crippen LogP contribution in [0.1, 0.15) is 51.2 Å². The molecule has 1 atom stereocenters. The van der Waals surface area contributed by atoms with Gasteiger partial charge in [-0.15, -0.1) is 0 Å². The summed E-state index contributed by atoms with van der Waals surface area (Å²) >= 11 is 0. The first kappa shape index (κ1) is 30.8. The highest BCUT2D eigenvalue weighted by molar-refractivity contribution is 6.06. The first-order valence-corrected chi connectivity index (χ1v) is 14.1. The molecule has 1 unspecified atom stereocenters. The highest BCUT2D eigenvalue weighted by atomic mass is 16.5. The lowest BCUT2D eigenvalue weighted by atomic mass is 9.94. The third-order valence-corrected chi connectivity index (χ3v) is 7.28. The number of carbonyl (C=O) groups excluding carboxylic acids is 2. The van der Waals surface area contributed by atoms with Gasteiger partial charge in [0.25, 0.3) is 11.8 Å². The molecule has 2 N–H and O–H groups in total. The Morgan fingerprint density at radius 1 is 0.767 bits per heavy atom. The number of amides is 2. The third kappa shape index (κ3) is 7.60. The van der Waals surface area contributed by atoms with Crippen molar-refractivity contribution in [1.29, 1.82) is 0 Å². The molecule has 8 nitrogen and oxygen atoms in total. The molecule has 2 amide bonds. The second-order valence-electron chi connectivity index (χ2n) is 10.0. The SMILES string of the molecule is COc1cccc(CCN(CCC(=O)O)C(=O)c2ccccc2-c2ccccc2C(=O)NC(C)c2ccccc2)c1OC. The van der Waals surface area contributed by atoms with Crippen LogP contribution in [0.3, 0.4) is 0 Å². The number of nitrogens with zero attached hydrogens (tertiary/aromatic N) is 1. The van der Waals surface area contributed by atoms with Gasteiger partial charge in [-0.05, 0) is 53.8 Å². The Labute approximate surface area is 251 Å². The van der Waals surface area contributed by atoms with Crippen LogP contribution in [-0.2, 0) is 11.2 Å². The molecule has 0 aromatic heterocycles. The average Bonchev–Trinajstić information content (AvgIpc) is 3.04. The van der Waals surface area contributed by atoms with Crippen LogP contribution < -0.4 is 14.8 Å². The van der Waals surface area contributed by atoms with Crippen molar-refractivity contribution in [2.45, 2.75) is 25.8 Å². The minimum Gasteiger partial charge on any atom is -0.493 e. The van der Waals surface area contributed by atoms with Crippen molar-refractivity contribution in [2.24, 2.45) is 0 Å². The number of hydrogen-bond acceptors (Lipinski definition) is 5. The summed E-state index contributed by atoms with van der Waals surface area (Å²) in [7, 11) is 3.11. The topological polar surface area (TPSA) is 105 Å². The lowest BCUT2D eigenvalue weighted by molar-refractivity contribution is -0.137. The zero-order valence-corrected chi connectivity index (χ0v) is 24.6. The maximum absolute atomic E-state index is 14.1. The lowest BCUT2D eigenvalue weighted by Gasteiger charge is -2.24. The van der Waals surface area contributed by atoms with Crippen LogP contribution in [0, 0.1) is 0 Å². The Hall–Kier alpha value is -5.11. The van der Waals surface area contributed by atoms with Crippen LogP contribution in [0.5, 0.6) is 11.5 Å². The van der Waals surface area contributed by atoms with Crippen molar-refractivity contribution in [3.8, 4) is 22.6 Å². The molecule has 0 saturated carbocycles. The second kappa shape index (κ2) is 14.7. The Balaban J connectivity index is 1.64. The number of aliphatic carboxylic acids is 1. The number of hydrogen-bond donors (Lipinski definition) is 2. The average molecular weight is 581 g/mol. The molecule has 222 valence electrons. The summed E-state index contributed by atoms with van der Waals surface area (Å²) in [5, 5.41) is 12.5. The molecule has 0 aliphatic rings. The molecule has 43 heavy (non-hydrogen) atoms. The molecular weight excluding hydrogens is 544 g/mol. The van der Waals surface area contributed by atoms with Gasteiger partial charge in [0.2, 0.25) is 0 Å². The number of ether oxygens (including phenoxy) is 2. The summed E-state index contributed by atoms with van der Waals surface area (Å²) in [6.45, 7) is 2.19. The van der Waals surface area contributed by atoms with E-state index >= 15 is 0 Å². The van der Waals surface area contributed by atoms with Gasteiger partial charge < -0.3 is 24.8 Å². The monoisotopic (exact) mass is 580 g/mol. The van der Waals surface area contributed by atoms with Crippen LogP contribution >= 0.6 is 0 Å². The van der Waals surface area contributed by atoms with E-state index in [4.69, 9.17) is 9.47 Å². The van der Waals surface area contributed by atoms with E-state index in [9.17, 15) is 19.5 Å². The summed E-state index contributed by atoms with van der Waals surface area (Å²) in [6.07, 6.45) is 0.212. The zero-order chi connectivity index (χ0) is 30.8. The van der Waals surface area contributed by atoms with E-state index in [0.717, 1.165) is 11.1 Å². The predicted molar refractivity (Wildman–Crippen MR) is 166 cm³/mol. The number of carboxylic acids is 1. The number of carboxylic acid groups (broad SMARTS) is 1. The molecule has 0 bridgehead atoms. The van der Waals surface area contributed by atoms with Crippen molar-refractivity contribution in [3.63, 3.8) is 0 Å². The molecule has 0 aliphatic heterocycles. The Kier molecular flexibility index (Phi) is 10.5. The fourth-order valence-electron chi connectivity index (χ4n) is 5.04. The molecule has 0 aliphatic carbocycles.